The van der Waals surface area contributed by atoms with Crippen LogP contribution >= 0.6 is 0 Å². The largest absolute Gasteiger partial charge is 0.435 e. The minimum absolute atomic E-state index is 0.362. The molecule has 0 amide bonds. The number of aryl methyl sites for hydroxylation is 1. The summed E-state index contributed by atoms with van der Waals surface area (Å²) in [6.07, 6.45) is -1.61. The molecule has 2 rings (SSSR count). The maximum atomic E-state index is 12.3. The first-order valence-electron chi connectivity index (χ1n) is 4.53. The van der Waals surface area contributed by atoms with E-state index in [0.717, 1.165) is 16.3 Å². The molecule has 0 spiro atoms. The van der Waals surface area contributed by atoms with E-state index in [2.05, 4.69) is 10.1 Å². The van der Waals surface area contributed by atoms with Crippen LogP contribution in [0.3, 0.4) is 0 Å². The van der Waals surface area contributed by atoms with E-state index in [1.807, 2.05) is 6.92 Å². The summed E-state index contributed by atoms with van der Waals surface area (Å²) < 4.78 is 38.0. The lowest BCUT2D eigenvalue weighted by molar-refractivity contribution is -0.141. The average Bonchev–Trinajstić information content (AvgIpc) is 2.67. The molecule has 84 valence electrons. The van der Waals surface area contributed by atoms with Gasteiger partial charge in [0.15, 0.2) is 11.5 Å². The van der Waals surface area contributed by atoms with Gasteiger partial charge in [-0.1, -0.05) is 6.07 Å². The van der Waals surface area contributed by atoms with Crippen molar-refractivity contribution >= 4 is 0 Å². The smallest absolute Gasteiger partial charge is 0.237 e. The van der Waals surface area contributed by atoms with Crippen LogP contribution < -0.4 is 0 Å². The molecule has 0 aliphatic heterocycles. The molecule has 0 N–H and O–H groups in total. The number of pyridine rings is 1. The number of hydrogen-bond donors (Lipinski definition) is 0. The average molecular weight is 227 g/mol. The van der Waals surface area contributed by atoms with Crippen LogP contribution in [0.25, 0.3) is 5.82 Å². The Morgan fingerprint density at radius 1 is 1.19 bits per heavy atom. The summed E-state index contributed by atoms with van der Waals surface area (Å²) in [6.45, 7) is 1.85. The maximum absolute atomic E-state index is 12.3. The van der Waals surface area contributed by atoms with Gasteiger partial charge in [-0.3, -0.25) is 0 Å². The molecule has 0 aliphatic carbocycles. The second kappa shape index (κ2) is 3.62. The summed E-state index contributed by atoms with van der Waals surface area (Å²) in [7, 11) is 0. The molecule has 2 aromatic rings. The highest BCUT2D eigenvalue weighted by Crippen LogP contribution is 2.27. The van der Waals surface area contributed by atoms with E-state index in [4.69, 9.17) is 0 Å². The molecule has 0 unspecified atom stereocenters. The van der Waals surface area contributed by atoms with Crippen LogP contribution in [-0.4, -0.2) is 14.8 Å². The molecule has 0 saturated heterocycles. The quantitative estimate of drug-likeness (QED) is 0.749. The fourth-order valence-electron chi connectivity index (χ4n) is 1.20. The Kier molecular flexibility index (Phi) is 2.41. The summed E-state index contributed by atoms with van der Waals surface area (Å²) in [4.78, 5) is 3.98. The number of rotatable bonds is 1. The molecule has 2 heterocycles. The predicted octanol–water partition coefficient (Wildman–Crippen LogP) is 2.59. The Bertz CT molecular complexity index is 485. The molecule has 0 aromatic carbocycles. The van der Waals surface area contributed by atoms with Crippen molar-refractivity contribution < 1.29 is 13.2 Å². The molecule has 0 atom stereocenters. The first-order valence-corrected chi connectivity index (χ1v) is 4.53. The van der Waals surface area contributed by atoms with Crippen molar-refractivity contribution in [2.24, 2.45) is 0 Å². The fraction of sp³-hybridized carbons (Fsp3) is 0.200. The number of aromatic nitrogens is 3. The maximum Gasteiger partial charge on any atom is 0.435 e. The zero-order valence-electron chi connectivity index (χ0n) is 8.36. The van der Waals surface area contributed by atoms with Gasteiger partial charge in [0.1, 0.15) is 0 Å². The van der Waals surface area contributed by atoms with Crippen molar-refractivity contribution in [2.45, 2.75) is 13.1 Å². The van der Waals surface area contributed by atoms with Gasteiger partial charge in [0.2, 0.25) is 0 Å². The van der Waals surface area contributed by atoms with Gasteiger partial charge in [-0.05, 0) is 24.6 Å². The van der Waals surface area contributed by atoms with Crippen LogP contribution in [0.2, 0.25) is 0 Å². The lowest BCUT2D eigenvalue weighted by atomic mass is 10.3. The summed E-state index contributed by atoms with van der Waals surface area (Å²) >= 11 is 0. The summed E-state index contributed by atoms with van der Waals surface area (Å²) in [6, 6.07) is 4.29. The number of nitrogens with zero attached hydrogens (tertiary/aromatic N) is 3. The van der Waals surface area contributed by atoms with Crippen molar-refractivity contribution in [3.63, 3.8) is 0 Å². The Balaban J connectivity index is 2.35. The first-order chi connectivity index (χ1) is 7.47. The summed E-state index contributed by atoms with van der Waals surface area (Å²) in [5.41, 5.74) is 0.0156. The van der Waals surface area contributed by atoms with Crippen molar-refractivity contribution in [3.8, 4) is 5.82 Å². The van der Waals surface area contributed by atoms with Gasteiger partial charge in [0.25, 0.3) is 0 Å². The lowest BCUT2D eigenvalue weighted by Crippen LogP contribution is -2.07. The van der Waals surface area contributed by atoms with Crippen LogP contribution in [0.5, 0.6) is 0 Å². The van der Waals surface area contributed by atoms with E-state index in [1.165, 1.54) is 6.20 Å². The molecule has 0 radical (unpaired) electrons. The van der Waals surface area contributed by atoms with E-state index >= 15 is 0 Å². The summed E-state index contributed by atoms with van der Waals surface area (Å²) in [5.74, 6) is 0.362. The highest BCUT2D eigenvalue weighted by atomic mass is 19.4. The number of alkyl halides is 3. The normalized spacial score (nSPS) is 11.8. The highest BCUT2D eigenvalue weighted by Gasteiger charge is 2.33. The monoisotopic (exact) mass is 227 g/mol. The van der Waals surface area contributed by atoms with Gasteiger partial charge in [0.05, 0.1) is 0 Å². The topological polar surface area (TPSA) is 30.7 Å². The Morgan fingerprint density at radius 2 is 1.94 bits per heavy atom. The molecule has 2 aromatic heterocycles. The molecular weight excluding hydrogens is 219 g/mol. The standard InChI is InChI=1S/C10H8F3N3/c1-7-2-3-9(14-6-7)16-5-4-8(15-16)10(11,12)13/h2-6H,1H3. The molecule has 3 nitrogen and oxygen atoms in total. The third kappa shape index (κ3) is 2.05. The van der Waals surface area contributed by atoms with Gasteiger partial charge in [-0.15, -0.1) is 0 Å². The van der Waals surface area contributed by atoms with Gasteiger partial charge >= 0.3 is 6.18 Å². The summed E-state index contributed by atoms with van der Waals surface area (Å²) in [5, 5.41) is 3.41. The molecule has 0 saturated carbocycles. The van der Waals surface area contributed by atoms with Crippen molar-refractivity contribution in [2.75, 3.05) is 0 Å². The van der Waals surface area contributed by atoms with E-state index in [1.54, 1.807) is 18.3 Å². The van der Waals surface area contributed by atoms with Crippen LogP contribution in [0.1, 0.15) is 11.3 Å². The fourth-order valence-corrected chi connectivity index (χ4v) is 1.20. The Hall–Kier alpha value is -1.85. The Morgan fingerprint density at radius 3 is 2.44 bits per heavy atom. The van der Waals surface area contributed by atoms with Crippen molar-refractivity contribution in [1.29, 1.82) is 0 Å². The number of hydrogen-bond acceptors (Lipinski definition) is 2. The third-order valence-corrected chi connectivity index (χ3v) is 2.01. The minimum Gasteiger partial charge on any atom is -0.237 e. The van der Waals surface area contributed by atoms with Crippen LogP contribution in [-0.2, 0) is 6.18 Å². The van der Waals surface area contributed by atoms with Gasteiger partial charge in [0, 0.05) is 12.4 Å². The van der Waals surface area contributed by atoms with Gasteiger partial charge in [-0.2, -0.15) is 18.3 Å². The Labute approximate surface area is 89.5 Å². The molecule has 16 heavy (non-hydrogen) atoms. The first kappa shape index (κ1) is 10.7. The molecule has 0 bridgehead atoms. The molecule has 6 heteroatoms. The van der Waals surface area contributed by atoms with Crippen LogP contribution in [0.4, 0.5) is 13.2 Å². The second-order valence-electron chi connectivity index (χ2n) is 3.34. The highest BCUT2D eigenvalue weighted by molar-refractivity contribution is 5.24. The molecular formula is C10H8F3N3. The SMILES string of the molecule is Cc1ccc(-n2ccc(C(F)(F)F)n2)nc1. The second-order valence-corrected chi connectivity index (χ2v) is 3.34. The van der Waals surface area contributed by atoms with Crippen molar-refractivity contribution in [1.82, 2.24) is 14.8 Å². The van der Waals surface area contributed by atoms with Crippen LogP contribution in [0.15, 0.2) is 30.6 Å². The van der Waals surface area contributed by atoms with E-state index in [-0.39, 0.29) is 0 Å². The van der Waals surface area contributed by atoms with Crippen molar-refractivity contribution in [3.05, 3.63) is 41.9 Å². The zero-order chi connectivity index (χ0) is 11.8. The van der Waals surface area contributed by atoms with Gasteiger partial charge in [-0.25, -0.2) is 9.67 Å². The van der Waals surface area contributed by atoms with Crippen LogP contribution in [0, 0.1) is 6.92 Å². The number of halogens is 3. The zero-order valence-corrected chi connectivity index (χ0v) is 8.36. The van der Waals surface area contributed by atoms with E-state index in [9.17, 15) is 13.2 Å². The lowest BCUT2D eigenvalue weighted by Gasteiger charge is -2.02. The third-order valence-electron chi connectivity index (χ3n) is 2.01. The predicted molar refractivity (Wildman–Crippen MR) is 51.1 cm³/mol. The van der Waals surface area contributed by atoms with E-state index in [0.29, 0.717) is 5.82 Å². The molecule has 0 fully saturated rings. The van der Waals surface area contributed by atoms with E-state index < -0.39 is 11.9 Å². The minimum atomic E-state index is -4.42. The molecule has 0 aliphatic rings. The van der Waals surface area contributed by atoms with Gasteiger partial charge < -0.3 is 0 Å².